The van der Waals surface area contributed by atoms with Crippen LogP contribution in [0.1, 0.15) is 107 Å². The molecule has 0 aliphatic carbocycles. The number of alkyl halides is 1. The number of Topliss-reactive ketones (excluding diaryl/α,β-unsaturated/α-hetero) is 1. The second-order valence-corrected chi connectivity index (χ2v) is 28.0. The molecule has 5 aromatic heterocycles. The van der Waals surface area contributed by atoms with E-state index in [1.807, 2.05) is 93.3 Å². The SMILES string of the molecule is CC(C)(C)OC(=O)NCC1CCN(c2ccnc(N)n2)CC1.COc1cc(CO)c(-c2cn3ccc(N4CCC(CN)CC4)nc3n2)cc1Cl.COc1cc(CO)c(-c2cn3ccc(N4CCC(CNC(=O)OC(C)(C)C)CC4)nc3n2)cc1Cl.COc1cc(CO)c(C(=O)CBr)cc1Cl.Cl.Cl. The monoisotopic (exact) mass is 1570 g/mol. The zero-order valence-electron chi connectivity index (χ0n) is 58.8. The van der Waals surface area contributed by atoms with Crippen LogP contribution in [0, 0.1) is 17.8 Å². The normalized spacial score (nSPS) is 14.3. The molecule has 3 fully saturated rings. The number of halogens is 6. The van der Waals surface area contributed by atoms with Crippen LogP contribution >= 0.6 is 75.5 Å². The van der Waals surface area contributed by atoms with Crippen LogP contribution in [0.25, 0.3) is 34.1 Å². The van der Waals surface area contributed by atoms with Crippen molar-refractivity contribution in [2.75, 3.05) is 106 Å². The molecule has 0 radical (unpaired) electrons. The Hall–Kier alpha value is -7.44. The Balaban J connectivity index is 0.000000221. The van der Waals surface area contributed by atoms with E-state index in [1.165, 1.54) is 13.2 Å². The van der Waals surface area contributed by atoms with Gasteiger partial charge in [0.05, 0.1) is 72.9 Å². The van der Waals surface area contributed by atoms with Crippen LogP contribution in [0.3, 0.4) is 0 Å². The Morgan fingerprint density at radius 1 is 0.559 bits per heavy atom. The van der Waals surface area contributed by atoms with Crippen molar-refractivity contribution in [3.63, 3.8) is 0 Å². The number of nitrogens with two attached hydrogens (primary N) is 2. The summed E-state index contributed by atoms with van der Waals surface area (Å²) in [6.07, 6.45) is 14.7. The van der Waals surface area contributed by atoms with Gasteiger partial charge in [0.1, 0.15) is 45.9 Å². The number of piperidine rings is 3. The van der Waals surface area contributed by atoms with Crippen molar-refractivity contribution in [2.24, 2.45) is 23.5 Å². The molecule has 102 heavy (non-hydrogen) atoms. The van der Waals surface area contributed by atoms with Crippen molar-refractivity contribution in [1.82, 2.24) is 49.3 Å². The van der Waals surface area contributed by atoms with Crippen LogP contribution in [0.5, 0.6) is 17.2 Å². The quantitative estimate of drug-likeness (QED) is 0.0310. The van der Waals surface area contributed by atoms with E-state index in [0.717, 1.165) is 113 Å². The summed E-state index contributed by atoms with van der Waals surface area (Å²) in [5.74, 6) is 6.97. The number of hydrogen-bond acceptors (Lipinski definition) is 22. The largest absolute Gasteiger partial charge is 0.495 e. The van der Waals surface area contributed by atoms with Crippen LogP contribution in [0.15, 0.2) is 85.6 Å². The number of fused-ring (bicyclic) bond motifs is 2. The maximum atomic E-state index is 11.9. The average molecular weight is 1580 g/mol. The lowest BCUT2D eigenvalue weighted by Gasteiger charge is -2.33. The van der Waals surface area contributed by atoms with Gasteiger partial charge in [-0.15, -0.1) is 24.8 Å². The number of nitrogens with one attached hydrogen (secondary N) is 2. The molecule has 8 aromatic rings. The second-order valence-electron chi connectivity index (χ2n) is 26.3. The Kier molecular flexibility index (Phi) is 31.8. The summed E-state index contributed by atoms with van der Waals surface area (Å²) in [5.41, 5.74) is 15.7. The van der Waals surface area contributed by atoms with E-state index in [1.54, 1.807) is 50.7 Å². The molecule has 3 aliphatic heterocycles. The fourth-order valence-corrected chi connectivity index (χ4v) is 12.6. The summed E-state index contributed by atoms with van der Waals surface area (Å²) < 4.78 is 29.8. The van der Waals surface area contributed by atoms with Gasteiger partial charge in [-0.05, 0) is 176 Å². The molecule has 0 bridgehead atoms. The molecule has 8 heterocycles. The number of carbonyl (C=O) groups excluding carboxylic acids is 3. The van der Waals surface area contributed by atoms with Crippen LogP contribution in [0.4, 0.5) is 33.0 Å². The molecule has 3 aromatic carbocycles. The number of benzene rings is 3. The van der Waals surface area contributed by atoms with Crippen LogP contribution in [-0.2, 0) is 29.3 Å². The van der Waals surface area contributed by atoms with Crippen LogP contribution < -0.4 is 51.0 Å². The highest BCUT2D eigenvalue weighted by molar-refractivity contribution is 9.09. The van der Waals surface area contributed by atoms with Crippen molar-refractivity contribution in [2.45, 2.75) is 111 Å². The number of anilines is 4. The van der Waals surface area contributed by atoms with Crippen molar-refractivity contribution in [3.8, 4) is 39.8 Å². The number of ether oxygens (including phenoxy) is 5. The van der Waals surface area contributed by atoms with Gasteiger partial charge in [0.25, 0.3) is 0 Å². The standard InChI is InChI=1S/C25H32ClN5O4.C20H24ClN5O2.C15H25N5O2.C10H10BrClO3.2ClH/c1-25(2,3)35-24(33)27-13-16-5-8-30(9-6-16)22-7-10-31-14-20(28-23(31)29-22)18-12-19(26)21(34-4)11-17(18)15-32;1-28-18-8-14(12-27)15(9-16(18)21)17-11-26-7-4-19(24-20(26)23-17)25-5-2-13(10-22)3-6-25;1-15(2,3)22-14(21)18-10-11-5-8-20(9-6-11)12-4-7-17-13(16)19-12;1-15-10-2-6(5-13)7(3-8(10)12)9(14)4-11;;/h7,10-12,14,16,32H,5-6,8-9,13,15H2,1-4H3,(H,27,33);4,7-9,11,13,27H,2-3,5-6,10,12,22H2,1H3;4,7,11H,5-6,8-10H2,1-3H3,(H,18,21)(H2,16,17,19);2-3,13H,4-5H2,1H3;2*1H. The number of amides is 2. The molecule has 0 atom stereocenters. The van der Waals surface area contributed by atoms with Gasteiger partial charge in [-0.25, -0.2) is 24.5 Å². The third-order valence-corrected chi connectivity index (χ3v) is 18.3. The number of ketones is 1. The highest BCUT2D eigenvalue weighted by atomic mass is 79.9. The Bertz CT molecular complexity index is 4060. The fraction of sp³-hybridized carbons (Fsp3) is 0.471. The van der Waals surface area contributed by atoms with E-state index in [0.29, 0.717) is 114 Å². The average Bonchev–Trinajstić information content (AvgIpc) is 1.63. The number of nitrogens with zero attached hydrogens (tertiary/aromatic N) is 11. The zero-order chi connectivity index (χ0) is 72.4. The number of rotatable bonds is 18. The van der Waals surface area contributed by atoms with E-state index < -0.39 is 11.2 Å². The Labute approximate surface area is 630 Å². The lowest BCUT2D eigenvalue weighted by atomic mass is 9.97. The van der Waals surface area contributed by atoms with Gasteiger partial charge < -0.3 is 75.8 Å². The molecule has 3 aliphatic rings. The minimum absolute atomic E-state index is 0. The summed E-state index contributed by atoms with van der Waals surface area (Å²) >= 11 is 21.6. The van der Waals surface area contributed by atoms with Gasteiger partial charge >= 0.3 is 12.2 Å². The van der Waals surface area contributed by atoms with E-state index in [-0.39, 0.29) is 67.9 Å². The van der Waals surface area contributed by atoms with Gasteiger partial charge in [0.15, 0.2) is 5.78 Å². The first kappa shape index (κ1) is 83.5. The molecule has 556 valence electrons. The molecule has 2 amide bonds. The predicted octanol–water partition coefficient (Wildman–Crippen LogP) is 12.1. The molecule has 0 saturated carbocycles. The molecule has 0 unspecified atom stereocenters. The number of aliphatic hydroxyl groups is 3. The van der Waals surface area contributed by atoms with Gasteiger partial charge in [0.2, 0.25) is 17.5 Å². The number of aromatic nitrogens is 8. The van der Waals surface area contributed by atoms with Gasteiger partial charge in [-0.3, -0.25) is 13.6 Å². The number of aliphatic hydroxyl groups excluding tert-OH is 3. The molecule has 3 saturated heterocycles. The smallest absolute Gasteiger partial charge is 0.407 e. The second kappa shape index (κ2) is 38.9. The summed E-state index contributed by atoms with van der Waals surface area (Å²) in [6.45, 7) is 18.1. The van der Waals surface area contributed by atoms with Crippen molar-refractivity contribution < 1.29 is 53.4 Å². The molecule has 11 rings (SSSR count). The number of imidazole rings is 2. The van der Waals surface area contributed by atoms with Crippen molar-refractivity contribution in [3.05, 3.63) is 123 Å². The maximum absolute atomic E-state index is 11.9. The lowest BCUT2D eigenvalue weighted by molar-refractivity contribution is 0.0505. The Morgan fingerprint density at radius 3 is 1.28 bits per heavy atom. The third kappa shape index (κ3) is 23.3. The maximum Gasteiger partial charge on any atom is 0.407 e. The number of methoxy groups -OCH3 is 3. The number of alkyl carbamates (subject to hydrolysis) is 2. The van der Waals surface area contributed by atoms with Gasteiger partial charge in [0, 0.05) is 100 Å². The summed E-state index contributed by atoms with van der Waals surface area (Å²) in [7, 11) is 4.57. The summed E-state index contributed by atoms with van der Waals surface area (Å²) in [5, 5.41) is 35.9. The zero-order valence-corrected chi connectivity index (χ0v) is 64.2. The topological polar surface area (TPSA) is 330 Å². The molecular weight excluding hydrogens is 1480 g/mol. The van der Waals surface area contributed by atoms with Crippen molar-refractivity contribution in [1.29, 1.82) is 0 Å². The van der Waals surface area contributed by atoms with E-state index in [9.17, 15) is 24.6 Å². The van der Waals surface area contributed by atoms with Gasteiger partial charge in [-0.1, -0.05) is 50.7 Å². The van der Waals surface area contributed by atoms with Crippen molar-refractivity contribution >= 4 is 128 Å². The minimum atomic E-state index is -0.496. The number of nitrogen functional groups attached to an aromatic ring is 1. The number of hydrogen-bond donors (Lipinski definition) is 7. The molecule has 0 spiro atoms. The first-order chi connectivity index (χ1) is 47.8. The highest BCUT2D eigenvalue weighted by Crippen LogP contribution is 2.37. The molecule has 32 heteroatoms. The number of carbonyl (C=O) groups is 3. The molecular formula is C70H93BrCl5N15O11. The summed E-state index contributed by atoms with van der Waals surface area (Å²) in [4.78, 5) is 68.8. The molecule has 26 nitrogen and oxygen atoms in total. The lowest BCUT2D eigenvalue weighted by Crippen LogP contribution is -2.40. The van der Waals surface area contributed by atoms with E-state index in [2.05, 4.69) is 61.2 Å². The minimum Gasteiger partial charge on any atom is -0.495 e. The summed E-state index contributed by atoms with van der Waals surface area (Å²) in [6, 6.07) is 15.9. The van der Waals surface area contributed by atoms with Gasteiger partial charge in [-0.2, -0.15) is 15.0 Å². The first-order valence-corrected chi connectivity index (χ1v) is 35.2. The van der Waals surface area contributed by atoms with Crippen LogP contribution in [-0.4, -0.2) is 169 Å². The fourth-order valence-electron chi connectivity index (χ4n) is 11.5. The Morgan fingerprint density at radius 2 is 0.931 bits per heavy atom. The van der Waals surface area contributed by atoms with E-state index in [4.69, 9.17) is 85.0 Å². The predicted molar refractivity (Wildman–Crippen MR) is 407 cm³/mol. The third-order valence-electron chi connectivity index (χ3n) is 16.9. The van der Waals surface area contributed by atoms with E-state index >= 15 is 0 Å². The molecule has 9 N–H and O–H groups in total. The first-order valence-electron chi connectivity index (χ1n) is 33.0. The van der Waals surface area contributed by atoms with Crippen LogP contribution in [0.2, 0.25) is 15.1 Å². The highest BCUT2D eigenvalue weighted by Gasteiger charge is 2.27.